The molecule has 0 aliphatic heterocycles. The van der Waals surface area contributed by atoms with Crippen LogP contribution in [0, 0.1) is 6.92 Å². The molecule has 19 heavy (non-hydrogen) atoms. The fourth-order valence-corrected chi connectivity index (χ4v) is 2.44. The predicted molar refractivity (Wildman–Crippen MR) is 76.4 cm³/mol. The Labute approximate surface area is 118 Å². The molecule has 1 unspecified atom stereocenters. The van der Waals surface area contributed by atoms with Gasteiger partial charge in [-0.3, -0.25) is 4.68 Å². The molecule has 1 atom stereocenters. The van der Waals surface area contributed by atoms with Gasteiger partial charge < -0.3 is 9.67 Å². The average molecular weight is 282 g/mol. The molecular weight excluding hydrogens is 262 g/mol. The zero-order valence-electron chi connectivity index (χ0n) is 11.6. The first-order valence-electron chi connectivity index (χ1n) is 6.54. The van der Waals surface area contributed by atoms with Crippen LogP contribution in [0.4, 0.5) is 0 Å². The normalized spacial score (nSPS) is 12.9. The van der Waals surface area contributed by atoms with Crippen molar-refractivity contribution in [3.63, 3.8) is 0 Å². The number of rotatable bonds is 5. The SMILES string of the molecule is CCCC(O)c1ccn(Cc2c(Cl)c(C)nn2C)c1. The summed E-state index contributed by atoms with van der Waals surface area (Å²) < 4.78 is 3.83. The number of nitrogens with zero attached hydrogens (tertiary/aromatic N) is 3. The molecule has 4 nitrogen and oxygen atoms in total. The van der Waals surface area contributed by atoms with Crippen molar-refractivity contribution in [1.82, 2.24) is 14.3 Å². The van der Waals surface area contributed by atoms with Gasteiger partial charge in [0, 0.05) is 19.4 Å². The van der Waals surface area contributed by atoms with Crippen LogP contribution in [0.5, 0.6) is 0 Å². The fourth-order valence-electron chi connectivity index (χ4n) is 2.22. The number of aliphatic hydroxyl groups excluding tert-OH is 1. The standard InChI is InChI=1S/C14H20ClN3O/c1-4-5-13(19)11-6-7-18(8-11)9-12-14(15)10(2)16-17(12)3/h6-8,13,19H,4-5,9H2,1-3H3. The minimum atomic E-state index is -0.380. The molecule has 0 saturated heterocycles. The molecule has 104 valence electrons. The highest BCUT2D eigenvalue weighted by Gasteiger charge is 2.13. The van der Waals surface area contributed by atoms with Crippen molar-refractivity contribution in [3.8, 4) is 0 Å². The van der Waals surface area contributed by atoms with E-state index in [-0.39, 0.29) is 6.10 Å². The van der Waals surface area contributed by atoms with E-state index in [0.29, 0.717) is 11.6 Å². The Morgan fingerprint density at radius 1 is 1.47 bits per heavy atom. The van der Waals surface area contributed by atoms with Crippen molar-refractivity contribution in [2.75, 3.05) is 0 Å². The molecule has 0 amide bonds. The van der Waals surface area contributed by atoms with E-state index in [1.54, 1.807) is 4.68 Å². The maximum Gasteiger partial charge on any atom is 0.0865 e. The van der Waals surface area contributed by atoms with Crippen LogP contribution >= 0.6 is 11.6 Å². The van der Waals surface area contributed by atoms with Gasteiger partial charge in [-0.1, -0.05) is 24.9 Å². The number of hydrogen-bond acceptors (Lipinski definition) is 2. The lowest BCUT2D eigenvalue weighted by Gasteiger charge is -2.07. The van der Waals surface area contributed by atoms with Crippen molar-refractivity contribution in [3.05, 3.63) is 40.4 Å². The quantitative estimate of drug-likeness (QED) is 0.915. The third kappa shape index (κ3) is 3.01. The lowest BCUT2D eigenvalue weighted by Crippen LogP contribution is -2.04. The number of aliphatic hydroxyl groups is 1. The second kappa shape index (κ2) is 5.80. The molecule has 2 aromatic rings. The van der Waals surface area contributed by atoms with Gasteiger partial charge in [-0.05, 0) is 25.0 Å². The van der Waals surface area contributed by atoms with E-state index in [0.717, 1.165) is 29.8 Å². The van der Waals surface area contributed by atoms with Gasteiger partial charge in [0.2, 0.25) is 0 Å². The Hall–Kier alpha value is -1.26. The zero-order chi connectivity index (χ0) is 14.0. The van der Waals surface area contributed by atoms with Gasteiger partial charge in [0.1, 0.15) is 0 Å². The first-order chi connectivity index (χ1) is 9.02. The van der Waals surface area contributed by atoms with Crippen molar-refractivity contribution in [2.24, 2.45) is 7.05 Å². The third-order valence-electron chi connectivity index (χ3n) is 3.31. The molecule has 0 aliphatic rings. The zero-order valence-corrected chi connectivity index (χ0v) is 12.4. The third-order valence-corrected chi connectivity index (χ3v) is 3.81. The molecule has 0 radical (unpaired) electrons. The van der Waals surface area contributed by atoms with E-state index in [1.165, 1.54) is 0 Å². The van der Waals surface area contributed by atoms with Crippen molar-refractivity contribution >= 4 is 11.6 Å². The topological polar surface area (TPSA) is 43.0 Å². The maximum atomic E-state index is 9.96. The predicted octanol–water partition coefficient (Wildman–Crippen LogP) is 3.07. The molecule has 5 heteroatoms. The molecule has 0 fully saturated rings. The summed E-state index contributed by atoms with van der Waals surface area (Å²) >= 11 is 6.24. The molecule has 0 bridgehead atoms. The lowest BCUT2D eigenvalue weighted by molar-refractivity contribution is 0.166. The Kier molecular flexibility index (Phi) is 4.32. The van der Waals surface area contributed by atoms with Crippen LogP contribution in [-0.2, 0) is 13.6 Å². The molecule has 2 aromatic heterocycles. The van der Waals surface area contributed by atoms with Gasteiger partial charge in [-0.15, -0.1) is 0 Å². The minimum absolute atomic E-state index is 0.380. The Morgan fingerprint density at radius 3 is 2.79 bits per heavy atom. The number of aromatic nitrogens is 3. The second-order valence-electron chi connectivity index (χ2n) is 4.89. The molecule has 0 spiro atoms. The van der Waals surface area contributed by atoms with E-state index < -0.39 is 0 Å². The Balaban J connectivity index is 2.16. The van der Waals surface area contributed by atoms with Gasteiger partial charge in [0.05, 0.1) is 29.1 Å². The summed E-state index contributed by atoms with van der Waals surface area (Å²) in [5.74, 6) is 0. The maximum absolute atomic E-state index is 9.96. The molecule has 1 N–H and O–H groups in total. The van der Waals surface area contributed by atoms with Crippen molar-refractivity contribution < 1.29 is 5.11 Å². The molecule has 2 rings (SSSR count). The number of aryl methyl sites for hydroxylation is 2. The van der Waals surface area contributed by atoms with Crippen LogP contribution in [0.2, 0.25) is 5.02 Å². The molecule has 2 heterocycles. The van der Waals surface area contributed by atoms with Gasteiger partial charge in [0.15, 0.2) is 0 Å². The van der Waals surface area contributed by atoms with Gasteiger partial charge in [-0.2, -0.15) is 5.10 Å². The van der Waals surface area contributed by atoms with Crippen LogP contribution in [0.25, 0.3) is 0 Å². The number of hydrogen-bond donors (Lipinski definition) is 1. The van der Waals surface area contributed by atoms with E-state index in [9.17, 15) is 5.11 Å². The van der Waals surface area contributed by atoms with Gasteiger partial charge in [-0.25, -0.2) is 0 Å². The highest BCUT2D eigenvalue weighted by atomic mass is 35.5. The summed E-state index contributed by atoms with van der Waals surface area (Å²) in [5, 5.41) is 15.0. The summed E-state index contributed by atoms with van der Waals surface area (Å²) in [6.45, 7) is 4.63. The molecule has 0 saturated carbocycles. The monoisotopic (exact) mass is 281 g/mol. The highest BCUT2D eigenvalue weighted by molar-refractivity contribution is 6.31. The van der Waals surface area contributed by atoms with Crippen LogP contribution < -0.4 is 0 Å². The first-order valence-corrected chi connectivity index (χ1v) is 6.92. The van der Waals surface area contributed by atoms with E-state index in [4.69, 9.17) is 11.6 Å². The average Bonchev–Trinajstić information content (AvgIpc) is 2.91. The summed E-state index contributed by atoms with van der Waals surface area (Å²) in [4.78, 5) is 0. The lowest BCUT2D eigenvalue weighted by atomic mass is 10.1. The van der Waals surface area contributed by atoms with Gasteiger partial charge in [0.25, 0.3) is 0 Å². The minimum Gasteiger partial charge on any atom is -0.388 e. The summed E-state index contributed by atoms with van der Waals surface area (Å²) in [7, 11) is 1.89. The molecule has 0 aromatic carbocycles. The summed E-state index contributed by atoms with van der Waals surface area (Å²) in [6, 6.07) is 1.96. The largest absolute Gasteiger partial charge is 0.388 e. The summed E-state index contributed by atoms with van der Waals surface area (Å²) in [6.07, 6.45) is 5.32. The number of halogens is 1. The van der Waals surface area contributed by atoms with Crippen molar-refractivity contribution in [1.29, 1.82) is 0 Å². The fraction of sp³-hybridized carbons (Fsp3) is 0.500. The molecular formula is C14H20ClN3O. The first kappa shape index (κ1) is 14.2. The Bertz CT molecular complexity index is 559. The van der Waals surface area contributed by atoms with E-state index in [1.807, 2.05) is 37.0 Å². The Morgan fingerprint density at radius 2 is 2.21 bits per heavy atom. The van der Waals surface area contributed by atoms with Gasteiger partial charge >= 0.3 is 0 Å². The van der Waals surface area contributed by atoms with Crippen LogP contribution in [0.15, 0.2) is 18.5 Å². The van der Waals surface area contributed by atoms with Crippen molar-refractivity contribution in [2.45, 2.75) is 39.3 Å². The molecule has 0 aliphatic carbocycles. The smallest absolute Gasteiger partial charge is 0.0865 e. The van der Waals surface area contributed by atoms with Crippen LogP contribution in [0.1, 0.15) is 42.8 Å². The summed E-state index contributed by atoms with van der Waals surface area (Å²) in [5.41, 5.74) is 2.78. The van der Waals surface area contributed by atoms with E-state index >= 15 is 0 Å². The second-order valence-corrected chi connectivity index (χ2v) is 5.27. The van der Waals surface area contributed by atoms with Crippen LogP contribution in [0.3, 0.4) is 0 Å². The highest BCUT2D eigenvalue weighted by Crippen LogP contribution is 2.22. The van der Waals surface area contributed by atoms with Crippen LogP contribution in [-0.4, -0.2) is 19.5 Å². The van der Waals surface area contributed by atoms with E-state index in [2.05, 4.69) is 12.0 Å².